The fourth-order valence-corrected chi connectivity index (χ4v) is 2.79. The van der Waals surface area contributed by atoms with Gasteiger partial charge in [0.05, 0.1) is 12.4 Å². The molecule has 0 aliphatic rings. The van der Waals surface area contributed by atoms with Crippen LogP contribution in [0.2, 0.25) is 0 Å². The third-order valence-electron chi connectivity index (χ3n) is 2.47. The molecule has 1 aromatic rings. The Morgan fingerprint density at radius 2 is 1.94 bits per heavy atom. The minimum atomic E-state index is -3.24. The Hall–Kier alpha value is -0.620. The summed E-state index contributed by atoms with van der Waals surface area (Å²) >= 11 is 5.50. The van der Waals surface area contributed by atoms with E-state index in [0.29, 0.717) is 18.7 Å². The number of benzene rings is 1. The van der Waals surface area contributed by atoms with Gasteiger partial charge in [-0.05, 0) is 24.0 Å². The molecule has 0 fully saturated rings. The van der Waals surface area contributed by atoms with Crippen molar-refractivity contribution < 1.29 is 13.5 Å². The highest BCUT2D eigenvalue weighted by Gasteiger charge is 2.09. The Labute approximate surface area is 113 Å². The smallest absolute Gasteiger partial charge is 0.211 e. The van der Waals surface area contributed by atoms with E-state index in [1.807, 2.05) is 6.07 Å². The highest BCUT2D eigenvalue weighted by molar-refractivity contribution is 7.89. The van der Waals surface area contributed by atoms with Crippen molar-refractivity contribution in [1.82, 2.24) is 4.72 Å². The molecule has 0 heterocycles. The number of halogens is 1. The van der Waals surface area contributed by atoms with E-state index in [4.69, 9.17) is 16.7 Å². The topological polar surface area (TPSA) is 66.4 Å². The molecule has 0 aromatic heterocycles. The number of nitrogens with one attached hydrogen (secondary N) is 1. The van der Waals surface area contributed by atoms with Crippen molar-refractivity contribution in [3.05, 3.63) is 35.4 Å². The first kappa shape index (κ1) is 15.4. The summed E-state index contributed by atoms with van der Waals surface area (Å²) in [5.41, 5.74) is 1.61. The van der Waals surface area contributed by atoms with E-state index in [1.165, 1.54) is 0 Å². The summed E-state index contributed by atoms with van der Waals surface area (Å²) in [7, 11) is -3.24. The highest BCUT2D eigenvalue weighted by atomic mass is 35.5. The van der Waals surface area contributed by atoms with Crippen LogP contribution in [0.25, 0.3) is 0 Å². The lowest BCUT2D eigenvalue weighted by molar-refractivity contribution is 0.281. The fourth-order valence-electron chi connectivity index (χ4n) is 1.49. The first-order valence-corrected chi connectivity index (χ1v) is 7.98. The van der Waals surface area contributed by atoms with Gasteiger partial charge in [-0.25, -0.2) is 13.1 Å². The van der Waals surface area contributed by atoms with Crippen molar-refractivity contribution in [2.45, 2.75) is 26.0 Å². The van der Waals surface area contributed by atoms with Gasteiger partial charge in [0.25, 0.3) is 0 Å². The van der Waals surface area contributed by atoms with Crippen molar-refractivity contribution in [2.24, 2.45) is 0 Å². The Morgan fingerprint density at radius 1 is 1.22 bits per heavy atom. The zero-order valence-corrected chi connectivity index (χ0v) is 11.7. The zero-order chi connectivity index (χ0) is 13.4. The van der Waals surface area contributed by atoms with Gasteiger partial charge in [-0.2, -0.15) is 0 Å². The Kier molecular flexibility index (Phi) is 6.63. The number of hydrogen-bond acceptors (Lipinski definition) is 3. The lowest BCUT2D eigenvalue weighted by Gasteiger charge is -2.07. The van der Waals surface area contributed by atoms with Crippen LogP contribution in [-0.2, 0) is 23.2 Å². The second-order valence-electron chi connectivity index (χ2n) is 4.01. The summed E-state index contributed by atoms with van der Waals surface area (Å²) in [6.07, 6.45) is 1.26. The second-order valence-corrected chi connectivity index (χ2v) is 6.32. The molecule has 2 N–H and O–H groups in total. The van der Waals surface area contributed by atoms with Crippen molar-refractivity contribution in [1.29, 1.82) is 0 Å². The molecule has 1 rings (SSSR count). The van der Waals surface area contributed by atoms with E-state index in [1.54, 1.807) is 18.2 Å². The summed E-state index contributed by atoms with van der Waals surface area (Å²) in [6.45, 7) is 0.202. The normalized spacial score (nSPS) is 11.7. The van der Waals surface area contributed by atoms with Gasteiger partial charge < -0.3 is 5.11 Å². The highest BCUT2D eigenvalue weighted by Crippen LogP contribution is 2.06. The van der Waals surface area contributed by atoms with E-state index >= 15 is 0 Å². The van der Waals surface area contributed by atoms with Crippen LogP contribution in [-0.4, -0.2) is 25.2 Å². The van der Waals surface area contributed by atoms with Gasteiger partial charge in [0.15, 0.2) is 0 Å². The van der Waals surface area contributed by atoms with Crippen LogP contribution in [0.1, 0.15) is 24.0 Å². The third-order valence-corrected chi connectivity index (χ3v) is 4.14. The van der Waals surface area contributed by atoms with E-state index in [-0.39, 0.29) is 18.9 Å². The summed E-state index contributed by atoms with van der Waals surface area (Å²) < 4.78 is 25.8. The number of unbranched alkanes of at least 4 members (excludes halogenated alkanes) is 1. The minimum Gasteiger partial charge on any atom is -0.392 e. The van der Waals surface area contributed by atoms with Crippen molar-refractivity contribution in [3.63, 3.8) is 0 Å². The van der Waals surface area contributed by atoms with E-state index in [2.05, 4.69) is 4.72 Å². The molecule has 4 nitrogen and oxygen atoms in total. The van der Waals surface area contributed by atoms with Gasteiger partial charge >= 0.3 is 0 Å². The zero-order valence-electron chi connectivity index (χ0n) is 10.1. The summed E-state index contributed by atoms with van der Waals surface area (Å²) in [5.74, 6) is 0.577. The summed E-state index contributed by atoms with van der Waals surface area (Å²) in [4.78, 5) is 0. The molecule has 0 saturated carbocycles. The molecule has 102 valence electrons. The molecular formula is C12H18ClNO3S. The van der Waals surface area contributed by atoms with Crippen molar-refractivity contribution in [3.8, 4) is 0 Å². The van der Waals surface area contributed by atoms with Crippen LogP contribution >= 0.6 is 11.6 Å². The SMILES string of the molecule is O=S(=O)(CCCCCl)NCc1cccc(CO)c1. The second kappa shape index (κ2) is 7.74. The Bertz CT molecular complexity index is 462. The van der Waals surface area contributed by atoms with Crippen LogP contribution in [0.4, 0.5) is 0 Å². The molecule has 0 bridgehead atoms. The average molecular weight is 292 g/mol. The minimum absolute atomic E-state index is 0.0453. The quantitative estimate of drug-likeness (QED) is 0.565. The molecule has 0 saturated heterocycles. The molecule has 0 aliphatic carbocycles. The largest absolute Gasteiger partial charge is 0.392 e. The molecule has 0 amide bonds. The first-order chi connectivity index (χ1) is 8.57. The van der Waals surface area contributed by atoms with E-state index < -0.39 is 10.0 Å². The Morgan fingerprint density at radius 3 is 2.61 bits per heavy atom. The average Bonchev–Trinajstić information content (AvgIpc) is 2.37. The lowest BCUT2D eigenvalue weighted by Crippen LogP contribution is -2.26. The number of alkyl halides is 1. The fraction of sp³-hybridized carbons (Fsp3) is 0.500. The number of aliphatic hydroxyl groups excluding tert-OH is 1. The Balaban J connectivity index is 2.48. The lowest BCUT2D eigenvalue weighted by atomic mass is 10.1. The molecule has 18 heavy (non-hydrogen) atoms. The van der Waals surface area contributed by atoms with Gasteiger partial charge in [0, 0.05) is 12.4 Å². The predicted molar refractivity (Wildman–Crippen MR) is 72.9 cm³/mol. The van der Waals surface area contributed by atoms with Crippen LogP contribution < -0.4 is 4.72 Å². The van der Waals surface area contributed by atoms with Gasteiger partial charge in [-0.3, -0.25) is 0 Å². The molecule has 0 aliphatic heterocycles. The summed E-state index contributed by atoms with van der Waals surface area (Å²) in [6, 6.07) is 7.18. The maximum Gasteiger partial charge on any atom is 0.211 e. The number of aliphatic hydroxyl groups is 1. The van der Waals surface area contributed by atoms with Crippen molar-refractivity contribution >= 4 is 21.6 Å². The number of sulfonamides is 1. The number of rotatable bonds is 8. The molecular weight excluding hydrogens is 274 g/mol. The molecule has 0 atom stereocenters. The van der Waals surface area contributed by atoms with Crippen LogP contribution in [0, 0.1) is 0 Å². The van der Waals surface area contributed by atoms with E-state index in [9.17, 15) is 8.42 Å². The van der Waals surface area contributed by atoms with Crippen molar-refractivity contribution in [2.75, 3.05) is 11.6 Å². The van der Waals surface area contributed by atoms with E-state index in [0.717, 1.165) is 11.1 Å². The molecule has 0 radical (unpaired) electrons. The molecule has 0 spiro atoms. The van der Waals surface area contributed by atoms with Crippen LogP contribution in [0.5, 0.6) is 0 Å². The molecule has 6 heteroatoms. The molecule has 0 unspecified atom stereocenters. The van der Waals surface area contributed by atoms with Gasteiger partial charge in [0.1, 0.15) is 0 Å². The summed E-state index contributed by atoms with van der Waals surface area (Å²) in [5, 5.41) is 8.98. The first-order valence-electron chi connectivity index (χ1n) is 5.79. The standard InChI is InChI=1S/C12H18ClNO3S/c13-6-1-2-7-18(16,17)14-9-11-4-3-5-12(8-11)10-15/h3-5,8,14-15H,1-2,6-7,9-10H2. The maximum absolute atomic E-state index is 11.6. The maximum atomic E-state index is 11.6. The van der Waals surface area contributed by atoms with Gasteiger partial charge in [-0.1, -0.05) is 24.3 Å². The molecule has 1 aromatic carbocycles. The van der Waals surface area contributed by atoms with Crippen LogP contribution in [0.3, 0.4) is 0 Å². The van der Waals surface area contributed by atoms with Gasteiger partial charge in [-0.15, -0.1) is 11.6 Å². The van der Waals surface area contributed by atoms with Crippen LogP contribution in [0.15, 0.2) is 24.3 Å². The predicted octanol–water partition coefficient (Wildman–Crippen LogP) is 1.62. The third kappa shape index (κ3) is 5.82. The monoisotopic (exact) mass is 291 g/mol. The number of hydrogen-bond donors (Lipinski definition) is 2. The van der Waals surface area contributed by atoms with Gasteiger partial charge in [0.2, 0.25) is 10.0 Å².